The zero-order valence-electron chi connectivity index (χ0n) is 13.7. The van der Waals surface area contributed by atoms with Gasteiger partial charge in [0.05, 0.1) is 12.0 Å². The van der Waals surface area contributed by atoms with Crippen molar-refractivity contribution in [2.24, 2.45) is 5.92 Å². The molecule has 2 aliphatic rings. The number of fused-ring (bicyclic) bond motifs is 2. The van der Waals surface area contributed by atoms with Crippen molar-refractivity contribution in [2.75, 3.05) is 6.54 Å². The van der Waals surface area contributed by atoms with Crippen molar-refractivity contribution < 1.29 is 13.6 Å². The van der Waals surface area contributed by atoms with Gasteiger partial charge in [-0.3, -0.25) is 4.79 Å². The van der Waals surface area contributed by atoms with Crippen LogP contribution < -0.4 is 0 Å². The highest BCUT2D eigenvalue weighted by Gasteiger charge is 2.38. The van der Waals surface area contributed by atoms with Crippen LogP contribution in [-0.4, -0.2) is 27.3 Å². The molecule has 0 spiro atoms. The number of hydrogen-bond acceptors (Lipinski definition) is 3. The molecule has 1 aromatic carbocycles. The van der Waals surface area contributed by atoms with E-state index in [0.29, 0.717) is 30.2 Å². The van der Waals surface area contributed by atoms with Gasteiger partial charge < -0.3 is 14.3 Å². The second-order valence-corrected chi connectivity index (χ2v) is 6.98. The molecule has 128 valence electrons. The van der Waals surface area contributed by atoms with Crippen molar-refractivity contribution in [3.8, 4) is 0 Å². The van der Waals surface area contributed by atoms with Crippen LogP contribution in [0.1, 0.15) is 42.5 Å². The van der Waals surface area contributed by atoms with E-state index in [1.165, 1.54) is 12.1 Å². The molecule has 1 fully saturated rings. The Kier molecular flexibility index (Phi) is 3.20. The maximum Gasteiger partial charge on any atom is 0.223 e. The number of benzene rings is 1. The minimum Gasteiger partial charge on any atom is -0.458 e. The molecule has 0 saturated heterocycles. The van der Waals surface area contributed by atoms with Gasteiger partial charge in [-0.05, 0) is 37.0 Å². The molecule has 1 atom stereocenters. The normalized spacial score (nSPS) is 20.0. The topological polar surface area (TPSA) is 62.1 Å². The second-order valence-electron chi connectivity index (χ2n) is 6.98. The van der Waals surface area contributed by atoms with E-state index in [9.17, 15) is 9.18 Å². The summed E-state index contributed by atoms with van der Waals surface area (Å²) >= 11 is 0. The summed E-state index contributed by atoms with van der Waals surface area (Å²) in [6, 6.07) is 6.03. The Morgan fingerprint density at radius 1 is 1.36 bits per heavy atom. The van der Waals surface area contributed by atoms with Gasteiger partial charge in [-0.25, -0.2) is 9.37 Å². The number of carbonyl (C=O) groups excluding carboxylic acids is 1. The molecule has 1 amide bonds. The summed E-state index contributed by atoms with van der Waals surface area (Å²) in [4.78, 5) is 22.3. The summed E-state index contributed by atoms with van der Waals surface area (Å²) in [5.74, 6) is 0.975. The SMILES string of the molecule is O=C(CC1CC1)N1CCc2[nH]cnc2[C@@H]1c1cc2ccc(F)cc2o1. The maximum atomic E-state index is 13.5. The Labute approximate surface area is 143 Å². The van der Waals surface area contributed by atoms with Gasteiger partial charge >= 0.3 is 0 Å². The zero-order chi connectivity index (χ0) is 17.0. The van der Waals surface area contributed by atoms with Crippen molar-refractivity contribution in [3.05, 3.63) is 53.6 Å². The lowest BCUT2D eigenvalue weighted by atomic mass is 9.99. The van der Waals surface area contributed by atoms with Crippen molar-refractivity contribution in [3.63, 3.8) is 0 Å². The summed E-state index contributed by atoms with van der Waals surface area (Å²) in [5.41, 5.74) is 2.36. The number of nitrogens with zero attached hydrogens (tertiary/aromatic N) is 2. The number of amides is 1. The number of hydrogen-bond donors (Lipinski definition) is 1. The summed E-state index contributed by atoms with van der Waals surface area (Å²) in [6.45, 7) is 0.636. The molecule has 0 unspecified atom stereocenters. The smallest absolute Gasteiger partial charge is 0.223 e. The van der Waals surface area contributed by atoms with E-state index < -0.39 is 0 Å². The standard InChI is InChI=1S/C19H18FN3O2/c20-13-4-3-12-8-16(25-15(12)9-13)19-18-14(21-10-22-18)5-6-23(19)17(24)7-11-1-2-11/h3-4,8-11,19H,1-2,5-7H2,(H,21,22)/t19-/m0/s1. The molecule has 1 saturated carbocycles. The summed E-state index contributed by atoms with van der Waals surface area (Å²) < 4.78 is 19.4. The molecule has 1 N–H and O–H groups in total. The van der Waals surface area contributed by atoms with E-state index in [2.05, 4.69) is 9.97 Å². The number of aromatic amines is 1. The van der Waals surface area contributed by atoms with Crippen molar-refractivity contribution in [2.45, 2.75) is 31.7 Å². The number of carbonyl (C=O) groups is 1. The zero-order valence-corrected chi connectivity index (χ0v) is 13.7. The molecule has 0 radical (unpaired) electrons. The number of nitrogens with one attached hydrogen (secondary N) is 1. The minimum absolute atomic E-state index is 0.146. The Hall–Kier alpha value is -2.63. The summed E-state index contributed by atoms with van der Waals surface area (Å²) in [7, 11) is 0. The Morgan fingerprint density at radius 2 is 2.24 bits per heavy atom. The van der Waals surface area contributed by atoms with Crippen LogP contribution in [0.5, 0.6) is 0 Å². The molecule has 3 heterocycles. The lowest BCUT2D eigenvalue weighted by Crippen LogP contribution is -2.40. The first-order valence-corrected chi connectivity index (χ1v) is 8.69. The molecule has 25 heavy (non-hydrogen) atoms. The average Bonchev–Trinajstić information content (AvgIpc) is 3.12. The fourth-order valence-electron chi connectivity index (χ4n) is 3.68. The van der Waals surface area contributed by atoms with Crippen molar-refractivity contribution in [1.29, 1.82) is 0 Å². The van der Waals surface area contributed by atoms with E-state index in [1.807, 2.05) is 11.0 Å². The van der Waals surface area contributed by atoms with Crippen LogP contribution in [0.3, 0.4) is 0 Å². The first-order valence-electron chi connectivity index (χ1n) is 8.69. The van der Waals surface area contributed by atoms with Gasteiger partial charge in [0.1, 0.15) is 23.2 Å². The number of aromatic nitrogens is 2. The van der Waals surface area contributed by atoms with Gasteiger partial charge in [0.15, 0.2) is 0 Å². The predicted molar refractivity (Wildman–Crippen MR) is 89.4 cm³/mol. The third kappa shape index (κ3) is 2.52. The number of rotatable bonds is 3. The van der Waals surface area contributed by atoms with Crippen LogP contribution in [0.4, 0.5) is 4.39 Å². The highest BCUT2D eigenvalue weighted by atomic mass is 19.1. The maximum absolute atomic E-state index is 13.5. The van der Waals surface area contributed by atoms with E-state index in [-0.39, 0.29) is 17.8 Å². The molecular formula is C19H18FN3O2. The van der Waals surface area contributed by atoms with Crippen LogP contribution in [0, 0.1) is 11.7 Å². The molecular weight excluding hydrogens is 321 g/mol. The van der Waals surface area contributed by atoms with E-state index >= 15 is 0 Å². The molecule has 5 nitrogen and oxygen atoms in total. The first-order chi connectivity index (χ1) is 12.2. The van der Waals surface area contributed by atoms with Crippen LogP contribution >= 0.6 is 0 Å². The first kappa shape index (κ1) is 14.7. The van der Waals surface area contributed by atoms with Crippen molar-refractivity contribution in [1.82, 2.24) is 14.9 Å². The molecule has 5 rings (SSSR count). The fourth-order valence-corrected chi connectivity index (χ4v) is 3.68. The predicted octanol–water partition coefficient (Wildman–Crippen LogP) is 3.57. The average molecular weight is 339 g/mol. The Balaban J connectivity index is 1.58. The monoisotopic (exact) mass is 339 g/mol. The molecule has 6 heteroatoms. The van der Waals surface area contributed by atoms with Crippen LogP contribution in [0.2, 0.25) is 0 Å². The second kappa shape index (κ2) is 5.44. The Morgan fingerprint density at radius 3 is 3.08 bits per heavy atom. The lowest BCUT2D eigenvalue weighted by Gasteiger charge is -2.33. The highest BCUT2D eigenvalue weighted by molar-refractivity contribution is 5.80. The van der Waals surface area contributed by atoms with Crippen LogP contribution in [0.15, 0.2) is 35.0 Å². The van der Waals surface area contributed by atoms with Gasteiger partial charge in [0.25, 0.3) is 0 Å². The van der Waals surface area contributed by atoms with Gasteiger partial charge in [-0.15, -0.1) is 0 Å². The highest BCUT2D eigenvalue weighted by Crippen LogP contribution is 2.39. The lowest BCUT2D eigenvalue weighted by molar-refractivity contribution is -0.134. The van der Waals surface area contributed by atoms with Gasteiger partial charge in [0.2, 0.25) is 5.91 Å². The molecule has 1 aliphatic heterocycles. The number of halogens is 1. The number of furan rings is 1. The van der Waals surface area contributed by atoms with Gasteiger partial charge in [-0.1, -0.05) is 0 Å². The fraction of sp³-hybridized carbons (Fsp3) is 0.368. The molecule has 1 aliphatic carbocycles. The molecule has 3 aromatic rings. The van der Waals surface area contributed by atoms with E-state index in [0.717, 1.165) is 36.0 Å². The molecule has 2 aromatic heterocycles. The molecule has 0 bridgehead atoms. The summed E-state index contributed by atoms with van der Waals surface area (Å²) in [6.07, 6.45) is 5.29. The third-order valence-electron chi connectivity index (χ3n) is 5.18. The van der Waals surface area contributed by atoms with Crippen LogP contribution in [-0.2, 0) is 11.2 Å². The van der Waals surface area contributed by atoms with Gasteiger partial charge in [0, 0.05) is 36.5 Å². The van der Waals surface area contributed by atoms with Gasteiger partial charge in [-0.2, -0.15) is 0 Å². The Bertz CT molecular complexity index is 957. The number of H-pyrrole nitrogens is 1. The van der Waals surface area contributed by atoms with Crippen molar-refractivity contribution >= 4 is 16.9 Å². The largest absolute Gasteiger partial charge is 0.458 e. The quantitative estimate of drug-likeness (QED) is 0.793. The third-order valence-corrected chi connectivity index (χ3v) is 5.18. The minimum atomic E-state index is -0.350. The summed E-state index contributed by atoms with van der Waals surface area (Å²) in [5, 5.41) is 0.827. The van der Waals surface area contributed by atoms with Crippen LogP contribution in [0.25, 0.3) is 11.0 Å². The number of imidazole rings is 1. The van der Waals surface area contributed by atoms with E-state index in [4.69, 9.17) is 4.42 Å². The van der Waals surface area contributed by atoms with E-state index in [1.54, 1.807) is 12.4 Å².